The predicted octanol–water partition coefficient (Wildman–Crippen LogP) is 7.83. The van der Waals surface area contributed by atoms with Gasteiger partial charge >= 0.3 is 6.18 Å². The highest BCUT2D eigenvalue weighted by molar-refractivity contribution is 6.35. The molecule has 0 saturated carbocycles. The average molecular weight is 549 g/mol. The Balaban J connectivity index is 0.00000186. The van der Waals surface area contributed by atoms with Crippen LogP contribution < -0.4 is 5.32 Å². The number of carbonyl (C=O) groups excluding carboxylic acids is 1. The fourth-order valence-corrected chi connectivity index (χ4v) is 4.33. The molecule has 194 valence electrons. The van der Waals surface area contributed by atoms with Gasteiger partial charge in [0.2, 0.25) is 0 Å². The quantitative estimate of drug-likeness (QED) is 0.276. The van der Waals surface area contributed by atoms with Crippen LogP contribution in [0.15, 0.2) is 60.8 Å². The molecule has 0 radical (unpaired) electrons. The molecular weight excluding hydrogens is 524 g/mol. The second kappa shape index (κ2) is 11.8. The summed E-state index contributed by atoms with van der Waals surface area (Å²) < 4.78 is 43.0. The van der Waals surface area contributed by atoms with Crippen LogP contribution in [0.3, 0.4) is 0 Å². The van der Waals surface area contributed by atoms with Gasteiger partial charge < -0.3 is 5.32 Å². The zero-order chi connectivity index (χ0) is 27.3. The fourth-order valence-electron chi connectivity index (χ4n) is 3.80. The Labute approximate surface area is 223 Å². The Bertz CT molecular complexity index is 1380. The molecule has 0 bridgehead atoms. The largest absolute Gasteiger partial charge is 0.435 e. The van der Waals surface area contributed by atoms with E-state index in [0.29, 0.717) is 22.5 Å². The van der Waals surface area contributed by atoms with Crippen molar-refractivity contribution in [2.24, 2.45) is 0 Å². The molecule has 2 aromatic heterocycles. The van der Waals surface area contributed by atoms with Crippen LogP contribution in [0.1, 0.15) is 46.9 Å². The first-order valence-corrected chi connectivity index (χ1v) is 12.2. The molecule has 0 aliphatic rings. The van der Waals surface area contributed by atoms with Gasteiger partial charge in [0, 0.05) is 33.1 Å². The van der Waals surface area contributed by atoms with Crippen LogP contribution in [-0.2, 0) is 12.7 Å². The van der Waals surface area contributed by atoms with E-state index in [2.05, 4.69) is 15.4 Å². The molecule has 4 rings (SSSR count). The highest BCUT2D eigenvalue weighted by Gasteiger charge is 2.39. The number of amides is 1. The SMILES string of the molecule is CC.Cc1cc(-n2nc(C(F)(F)F)c(-c3cc(Cl)cc(Cl)c3)c2C)ccc1C(=O)NCc1ccccn1. The van der Waals surface area contributed by atoms with E-state index < -0.39 is 11.9 Å². The van der Waals surface area contributed by atoms with Crippen molar-refractivity contribution >= 4 is 29.1 Å². The Hall–Kier alpha value is -3.36. The minimum Gasteiger partial charge on any atom is -0.346 e. The van der Waals surface area contributed by atoms with Gasteiger partial charge in [-0.05, 0) is 73.5 Å². The van der Waals surface area contributed by atoms with Crippen LogP contribution >= 0.6 is 23.2 Å². The molecule has 37 heavy (non-hydrogen) atoms. The van der Waals surface area contributed by atoms with E-state index in [-0.39, 0.29) is 39.3 Å². The Morgan fingerprint density at radius 2 is 1.68 bits per heavy atom. The smallest absolute Gasteiger partial charge is 0.346 e. The van der Waals surface area contributed by atoms with Crippen molar-refractivity contribution in [3.05, 3.63) is 99.0 Å². The number of rotatable bonds is 5. The summed E-state index contributed by atoms with van der Waals surface area (Å²) in [4.78, 5) is 16.8. The van der Waals surface area contributed by atoms with Gasteiger partial charge in [-0.25, -0.2) is 4.68 Å². The van der Waals surface area contributed by atoms with E-state index in [9.17, 15) is 18.0 Å². The van der Waals surface area contributed by atoms with E-state index >= 15 is 0 Å². The van der Waals surface area contributed by atoms with Crippen LogP contribution in [0, 0.1) is 13.8 Å². The van der Waals surface area contributed by atoms with Crippen molar-refractivity contribution in [3.63, 3.8) is 0 Å². The molecule has 2 aromatic carbocycles. The molecule has 0 atom stereocenters. The van der Waals surface area contributed by atoms with Gasteiger partial charge in [0.15, 0.2) is 5.69 Å². The second-order valence-corrected chi connectivity index (χ2v) is 8.75. The summed E-state index contributed by atoms with van der Waals surface area (Å²) in [5, 5.41) is 7.09. The van der Waals surface area contributed by atoms with Crippen LogP contribution in [0.5, 0.6) is 0 Å². The number of nitrogens with zero attached hydrogens (tertiary/aromatic N) is 3. The van der Waals surface area contributed by atoms with Gasteiger partial charge in [-0.15, -0.1) is 0 Å². The summed E-state index contributed by atoms with van der Waals surface area (Å²) >= 11 is 12.1. The van der Waals surface area contributed by atoms with Crippen molar-refractivity contribution < 1.29 is 18.0 Å². The van der Waals surface area contributed by atoms with Gasteiger partial charge in [-0.1, -0.05) is 43.1 Å². The van der Waals surface area contributed by atoms with E-state index in [0.717, 1.165) is 0 Å². The zero-order valence-corrected chi connectivity index (χ0v) is 22.1. The first kappa shape index (κ1) is 28.2. The van der Waals surface area contributed by atoms with Gasteiger partial charge in [0.1, 0.15) is 0 Å². The summed E-state index contributed by atoms with van der Waals surface area (Å²) in [6.07, 6.45) is -3.07. The molecule has 0 saturated heterocycles. The number of aromatic nitrogens is 3. The van der Waals surface area contributed by atoms with Crippen LogP contribution in [0.4, 0.5) is 13.2 Å². The second-order valence-electron chi connectivity index (χ2n) is 7.88. The molecule has 1 N–H and O–H groups in total. The van der Waals surface area contributed by atoms with Crippen LogP contribution in [0.2, 0.25) is 10.0 Å². The topological polar surface area (TPSA) is 59.8 Å². The lowest BCUT2D eigenvalue weighted by Gasteiger charge is -2.11. The Morgan fingerprint density at radius 3 is 2.24 bits per heavy atom. The molecule has 1 amide bonds. The minimum absolute atomic E-state index is 0.114. The normalized spacial score (nSPS) is 11.1. The molecular formula is C27H25Cl2F3N4O. The molecule has 0 unspecified atom stereocenters. The van der Waals surface area contributed by atoms with Gasteiger partial charge in [-0.2, -0.15) is 18.3 Å². The number of halogens is 5. The first-order valence-electron chi connectivity index (χ1n) is 11.5. The first-order chi connectivity index (χ1) is 17.5. The van der Waals surface area contributed by atoms with E-state index in [1.807, 2.05) is 19.9 Å². The highest BCUT2D eigenvalue weighted by atomic mass is 35.5. The number of carbonyl (C=O) groups is 1. The summed E-state index contributed by atoms with van der Waals surface area (Å²) in [5.41, 5.74) is 1.36. The van der Waals surface area contributed by atoms with E-state index in [1.54, 1.807) is 43.5 Å². The Morgan fingerprint density at radius 1 is 1.00 bits per heavy atom. The maximum atomic E-state index is 13.9. The van der Waals surface area contributed by atoms with Gasteiger partial charge in [0.25, 0.3) is 5.91 Å². The summed E-state index contributed by atoms with van der Waals surface area (Å²) in [5.74, 6) is -0.317. The molecule has 0 spiro atoms. The summed E-state index contributed by atoms with van der Waals surface area (Å²) in [6, 6.07) is 14.4. The van der Waals surface area contributed by atoms with E-state index in [4.69, 9.17) is 23.2 Å². The highest BCUT2D eigenvalue weighted by Crippen LogP contribution is 2.40. The lowest BCUT2D eigenvalue weighted by atomic mass is 10.0. The standard InChI is InChI=1S/C25H19Cl2F3N4O.C2H6/c1-14-9-20(6-7-21(14)24(35)32-13-19-5-3-4-8-31-19)34-15(2)22(23(33-34)25(28,29)30)16-10-17(26)12-18(27)11-16;1-2/h3-12H,13H2,1-2H3,(H,32,35);1-2H3. The van der Waals surface area contributed by atoms with Crippen molar-refractivity contribution in [1.82, 2.24) is 20.1 Å². The van der Waals surface area contributed by atoms with Crippen molar-refractivity contribution in [3.8, 4) is 16.8 Å². The maximum absolute atomic E-state index is 13.9. The summed E-state index contributed by atoms with van der Waals surface area (Å²) in [7, 11) is 0. The Kier molecular flexibility index (Phi) is 8.99. The number of aryl methyl sites for hydroxylation is 1. The molecule has 5 nitrogen and oxygen atoms in total. The molecule has 0 aliphatic carbocycles. The third-order valence-corrected chi connectivity index (χ3v) is 5.83. The van der Waals surface area contributed by atoms with Crippen molar-refractivity contribution in [2.45, 2.75) is 40.4 Å². The molecule has 10 heteroatoms. The number of hydrogen-bond donors (Lipinski definition) is 1. The monoisotopic (exact) mass is 548 g/mol. The molecule has 2 heterocycles. The van der Waals surface area contributed by atoms with Gasteiger partial charge in [0.05, 0.1) is 17.9 Å². The summed E-state index contributed by atoms with van der Waals surface area (Å²) in [6.45, 7) is 7.50. The number of alkyl halides is 3. The lowest BCUT2D eigenvalue weighted by molar-refractivity contribution is -0.140. The van der Waals surface area contributed by atoms with E-state index in [1.165, 1.54) is 29.8 Å². The third kappa shape index (κ3) is 6.50. The van der Waals surface area contributed by atoms with Crippen LogP contribution in [0.25, 0.3) is 16.8 Å². The number of benzene rings is 2. The zero-order valence-electron chi connectivity index (χ0n) is 20.6. The fraction of sp³-hybridized carbons (Fsp3) is 0.222. The van der Waals surface area contributed by atoms with Crippen LogP contribution in [-0.4, -0.2) is 20.7 Å². The number of hydrogen-bond acceptors (Lipinski definition) is 3. The third-order valence-electron chi connectivity index (χ3n) is 5.39. The van der Waals surface area contributed by atoms with Gasteiger partial charge in [-0.3, -0.25) is 9.78 Å². The molecule has 0 aliphatic heterocycles. The van der Waals surface area contributed by atoms with Crippen molar-refractivity contribution in [1.29, 1.82) is 0 Å². The maximum Gasteiger partial charge on any atom is 0.435 e. The average Bonchev–Trinajstić information content (AvgIpc) is 3.21. The lowest BCUT2D eigenvalue weighted by Crippen LogP contribution is -2.24. The molecule has 4 aromatic rings. The predicted molar refractivity (Wildman–Crippen MR) is 140 cm³/mol. The van der Waals surface area contributed by atoms with Crippen molar-refractivity contribution in [2.75, 3.05) is 0 Å². The number of nitrogens with one attached hydrogen (secondary N) is 1. The molecule has 0 fully saturated rings. The number of pyridine rings is 1. The minimum atomic E-state index is -4.71.